The number of H-pyrrole nitrogens is 1. The zero-order valence-corrected chi connectivity index (χ0v) is 9.72. The molecule has 0 bridgehead atoms. The topological polar surface area (TPSA) is 70.7 Å². The van der Waals surface area contributed by atoms with Gasteiger partial charge in [0.15, 0.2) is 5.65 Å². The Hall–Kier alpha value is -2.76. The minimum atomic E-state index is -0.403. The number of fused-ring (bicyclic) bond motifs is 1. The Morgan fingerprint density at radius 3 is 3.00 bits per heavy atom. The first kappa shape index (κ1) is 11.3. The molecule has 2 aromatic heterocycles. The van der Waals surface area contributed by atoms with Crippen molar-refractivity contribution in [2.24, 2.45) is 0 Å². The molecule has 2 heterocycles. The van der Waals surface area contributed by atoms with Crippen LogP contribution in [0, 0.1) is 5.82 Å². The zero-order chi connectivity index (χ0) is 13.2. The number of carbonyl (C=O) groups is 1. The Morgan fingerprint density at radius 1 is 1.26 bits per heavy atom. The lowest BCUT2D eigenvalue weighted by molar-refractivity contribution is 0.102. The Labute approximate surface area is 107 Å². The fourth-order valence-electron chi connectivity index (χ4n) is 1.72. The standard InChI is InChI=1S/C13H9FN4O/c14-9-2-1-3-10(5-9)18-13(19)8-4-11-12(15-6-8)17-7-16-11/h1-7H,(H,18,19)(H,15,16,17). The second-order valence-electron chi connectivity index (χ2n) is 3.96. The summed E-state index contributed by atoms with van der Waals surface area (Å²) < 4.78 is 13.0. The van der Waals surface area contributed by atoms with E-state index in [1.807, 2.05) is 0 Å². The highest BCUT2D eigenvalue weighted by atomic mass is 19.1. The number of rotatable bonds is 2. The van der Waals surface area contributed by atoms with Gasteiger partial charge in [0.25, 0.3) is 5.91 Å². The molecule has 0 fully saturated rings. The maximum atomic E-state index is 13.0. The molecule has 0 saturated carbocycles. The van der Waals surface area contributed by atoms with E-state index in [0.29, 0.717) is 22.4 Å². The van der Waals surface area contributed by atoms with Crippen molar-refractivity contribution < 1.29 is 9.18 Å². The molecule has 0 spiro atoms. The number of hydrogen-bond acceptors (Lipinski definition) is 3. The van der Waals surface area contributed by atoms with Crippen molar-refractivity contribution in [1.82, 2.24) is 15.0 Å². The third kappa shape index (κ3) is 2.28. The van der Waals surface area contributed by atoms with Gasteiger partial charge in [-0.1, -0.05) is 6.07 Å². The normalized spacial score (nSPS) is 10.6. The summed E-state index contributed by atoms with van der Waals surface area (Å²) in [6.45, 7) is 0. The van der Waals surface area contributed by atoms with Gasteiger partial charge < -0.3 is 10.3 Å². The van der Waals surface area contributed by atoms with Gasteiger partial charge in [0.05, 0.1) is 17.4 Å². The van der Waals surface area contributed by atoms with E-state index in [9.17, 15) is 9.18 Å². The number of pyridine rings is 1. The van der Waals surface area contributed by atoms with E-state index in [4.69, 9.17) is 0 Å². The summed E-state index contributed by atoms with van der Waals surface area (Å²) in [4.78, 5) is 22.9. The van der Waals surface area contributed by atoms with Crippen LogP contribution < -0.4 is 5.32 Å². The van der Waals surface area contributed by atoms with Crippen LogP contribution in [0.15, 0.2) is 42.9 Å². The minimum Gasteiger partial charge on any atom is -0.343 e. The number of benzene rings is 1. The van der Waals surface area contributed by atoms with Crippen molar-refractivity contribution in [1.29, 1.82) is 0 Å². The predicted octanol–water partition coefficient (Wildman–Crippen LogP) is 2.35. The van der Waals surface area contributed by atoms with E-state index in [-0.39, 0.29) is 5.91 Å². The predicted molar refractivity (Wildman–Crippen MR) is 68.2 cm³/mol. The maximum absolute atomic E-state index is 13.0. The van der Waals surface area contributed by atoms with Crippen LogP contribution in [0.2, 0.25) is 0 Å². The summed E-state index contributed by atoms with van der Waals surface area (Å²) in [5, 5.41) is 2.60. The van der Waals surface area contributed by atoms with Crippen molar-refractivity contribution >= 4 is 22.8 Å². The summed E-state index contributed by atoms with van der Waals surface area (Å²) in [5.74, 6) is -0.755. The Bertz CT molecular complexity index is 753. The van der Waals surface area contributed by atoms with Gasteiger partial charge in [-0.05, 0) is 24.3 Å². The number of imidazole rings is 1. The average Bonchev–Trinajstić information content (AvgIpc) is 2.85. The van der Waals surface area contributed by atoms with Crippen molar-refractivity contribution in [3.63, 3.8) is 0 Å². The zero-order valence-electron chi connectivity index (χ0n) is 9.72. The monoisotopic (exact) mass is 256 g/mol. The first-order chi connectivity index (χ1) is 9.22. The third-order valence-corrected chi connectivity index (χ3v) is 2.62. The molecule has 94 valence electrons. The van der Waals surface area contributed by atoms with E-state index in [0.717, 1.165) is 0 Å². The molecule has 2 N–H and O–H groups in total. The average molecular weight is 256 g/mol. The van der Waals surface area contributed by atoms with Gasteiger partial charge in [-0.3, -0.25) is 4.79 Å². The molecule has 0 aliphatic rings. The van der Waals surface area contributed by atoms with Crippen molar-refractivity contribution in [2.75, 3.05) is 5.32 Å². The first-order valence-electron chi connectivity index (χ1n) is 5.58. The summed E-state index contributed by atoms with van der Waals surface area (Å²) >= 11 is 0. The van der Waals surface area contributed by atoms with Gasteiger partial charge in [-0.15, -0.1) is 0 Å². The van der Waals surface area contributed by atoms with Crippen LogP contribution in [0.4, 0.5) is 10.1 Å². The lowest BCUT2D eigenvalue weighted by atomic mass is 10.2. The summed E-state index contributed by atoms with van der Waals surface area (Å²) in [6.07, 6.45) is 2.93. The van der Waals surface area contributed by atoms with Crippen LogP contribution in [-0.2, 0) is 0 Å². The summed E-state index contributed by atoms with van der Waals surface area (Å²) in [7, 11) is 0. The number of anilines is 1. The third-order valence-electron chi connectivity index (χ3n) is 2.62. The maximum Gasteiger partial charge on any atom is 0.257 e. The molecule has 0 radical (unpaired) electrons. The molecular formula is C13H9FN4O. The highest BCUT2D eigenvalue weighted by Gasteiger charge is 2.09. The molecule has 0 aliphatic carbocycles. The van der Waals surface area contributed by atoms with Gasteiger partial charge in [-0.2, -0.15) is 0 Å². The van der Waals surface area contributed by atoms with Crippen molar-refractivity contribution in [2.45, 2.75) is 0 Å². The molecule has 0 atom stereocenters. The molecule has 1 amide bonds. The quantitative estimate of drug-likeness (QED) is 0.739. The van der Waals surface area contributed by atoms with Crippen LogP contribution >= 0.6 is 0 Å². The van der Waals surface area contributed by atoms with Gasteiger partial charge >= 0.3 is 0 Å². The number of nitrogens with zero attached hydrogens (tertiary/aromatic N) is 2. The minimum absolute atomic E-state index is 0.352. The van der Waals surface area contributed by atoms with E-state index < -0.39 is 5.82 Å². The molecule has 1 aromatic carbocycles. The Morgan fingerprint density at radius 2 is 2.16 bits per heavy atom. The molecule has 0 aliphatic heterocycles. The largest absolute Gasteiger partial charge is 0.343 e. The second-order valence-corrected chi connectivity index (χ2v) is 3.96. The number of amides is 1. The van der Waals surface area contributed by atoms with Crippen LogP contribution in [0.5, 0.6) is 0 Å². The fraction of sp³-hybridized carbons (Fsp3) is 0. The smallest absolute Gasteiger partial charge is 0.257 e. The van der Waals surface area contributed by atoms with Crippen LogP contribution in [0.1, 0.15) is 10.4 Å². The lowest BCUT2D eigenvalue weighted by Gasteiger charge is -2.04. The SMILES string of the molecule is O=C(Nc1cccc(F)c1)c1cnc2nc[nH]c2c1. The van der Waals surface area contributed by atoms with E-state index in [1.54, 1.807) is 12.1 Å². The summed E-state index contributed by atoms with van der Waals surface area (Å²) in [6, 6.07) is 7.35. The van der Waals surface area contributed by atoms with Gasteiger partial charge in [-0.25, -0.2) is 14.4 Å². The van der Waals surface area contributed by atoms with Crippen LogP contribution in [0.3, 0.4) is 0 Å². The highest BCUT2D eigenvalue weighted by molar-refractivity contribution is 6.05. The highest BCUT2D eigenvalue weighted by Crippen LogP contribution is 2.13. The van der Waals surface area contributed by atoms with E-state index in [1.165, 1.54) is 30.7 Å². The number of aromatic nitrogens is 3. The molecule has 19 heavy (non-hydrogen) atoms. The van der Waals surface area contributed by atoms with Crippen LogP contribution in [0.25, 0.3) is 11.2 Å². The van der Waals surface area contributed by atoms with Crippen molar-refractivity contribution in [3.8, 4) is 0 Å². The second kappa shape index (κ2) is 4.49. The van der Waals surface area contributed by atoms with Crippen LogP contribution in [-0.4, -0.2) is 20.9 Å². The molecule has 0 unspecified atom stereocenters. The molecule has 3 rings (SSSR count). The number of halogens is 1. The van der Waals surface area contributed by atoms with Crippen molar-refractivity contribution in [3.05, 3.63) is 54.2 Å². The fourth-order valence-corrected chi connectivity index (χ4v) is 1.72. The number of hydrogen-bond donors (Lipinski definition) is 2. The van der Waals surface area contributed by atoms with E-state index in [2.05, 4.69) is 20.3 Å². The first-order valence-corrected chi connectivity index (χ1v) is 5.58. The van der Waals surface area contributed by atoms with E-state index >= 15 is 0 Å². The summed E-state index contributed by atoms with van der Waals surface area (Å²) in [5.41, 5.74) is 1.99. The number of carbonyl (C=O) groups excluding carboxylic acids is 1. The lowest BCUT2D eigenvalue weighted by Crippen LogP contribution is -2.12. The Kier molecular flexibility index (Phi) is 2.68. The molecule has 6 heteroatoms. The molecule has 5 nitrogen and oxygen atoms in total. The van der Waals surface area contributed by atoms with Gasteiger partial charge in [0.1, 0.15) is 5.82 Å². The number of aromatic amines is 1. The van der Waals surface area contributed by atoms with Gasteiger partial charge in [0.2, 0.25) is 0 Å². The van der Waals surface area contributed by atoms with Gasteiger partial charge in [0, 0.05) is 11.9 Å². The molecule has 3 aromatic rings. The number of nitrogens with one attached hydrogen (secondary N) is 2. The Balaban J connectivity index is 1.87. The molecule has 0 saturated heterocycles. The molecular weight excluding hydrogens is 247 g/mol.